The lowest BCUT2D eigenvalue weighted by Gasteiger charge is -2.33. The number of hydrogen-bond acceptors (Lipinski definition) is 3. The Labute approximate surface area is 119 Å². The second kappa shape index (κ2) is 6.39. The lowest BCUT2D eigenvalue weighted by Crippen LogP contribution is -2.40. The molecule has 0 aromatic heterocycles. The molecular formula is C15H23F2N3. The zero-order chi connectivity index (χ0) is 14.7. The van der Waals surface area contributed by atoms with Crippen molar-refractivity contribution in [1.82, 2.24) is 4.90 Å². The van der Waals surface area contributed by atoms with Crippen molar-refractivity contribution in [2.75, 3.05) is 37.3 Å². The summed E-state index contributed by atoms with van der Waals surface area (Å²) in [4.78, 5) is 4.40. The van der Waals surface area contributed by atoms with E-state index in [1.807, 2.05) is 0 Å². The molecule has 0 saturated carbocycles. The lowest BCUT2D eigenvalue weighted by atomic mass is 10.1. The van der Waals surface area contributed by atoms with E-state index in [1.54, 1.807) is 12.1 Å². The minimum atomic E-state index is -2.49. The van der Waals surface area contributed by atoms with E-state index in [4.69, 9.17) is 5.73 Å². The lowest BCUT2D eigenvalue weighted by molar-refractivity contribution is 0.151. The van der Waals surface area contributed by atoms with Crippen LogP contribution in [0.1, 0.15) is 31.8 Å². The van der Waals surface area contributed by atoms with Crippen molar-refractivity contribution in [2.24, 2.45) is 0 Å². The molecule has 1 aromatic carbocycles. The molecule has 1 atom stereocenters. The highest BCUT2D eigenvalue weighted by Gasteiger charge is 2.26. The first-order valence-corrected chi connectivity index (χ1v) is 7.15. The number of likely N-dealkylation sites (N-methyl/N-ethyl adjacent to an activating group) is 1. The average molecular weight is 283 g/mol. The quantitative estimate of drug-likeness (QED) is 0.865. The maximum absolute atomic E-state index is 13.3. The third-order valence-corrected chi connectivity index (χ3v) is 3.97. The van der Waals surface area contributed by atoms with E-state index >= 15 is 0 Å². The van der Waals surface area contributed by atoms with Crippen LogP contribution in [-0.2, 0) is 0 Å². The summed E-state index contributed by atoms with van der Waals surface area (Å²) in [6, 6.07) is 5.12. The Morgan fingerprint density at radius 1 is 1.35 bits per heavy atom. The zero-order valence-electron chi connectivity index (χ0n) is 12.1. The van der Waals surface area contributed by atoms with Gasteiger partial charge in [-0.25, -0.2) is 8.78 Å². The molecule has 0 bridgehead atoms. The van der Waals surface area contributed by atoms with Gasteiger partial charge in [-0.2, -0.15) is 0 Å². The molecule has 0 aliphatic carbocycles. The molecule has 20 heavy (non-hydrogen) atoms. The van der Waals surface area contributed by atoms with E-state index in [1.165, 1.54) is 6.07 Å². The molecule has 5 heteroatoms. The summed E-state index contributed by atoms with van der Waals surface area (Å²) in [5.74, 6) is 0. The normalized spacial score (nSPS) is 21.2. The molecule has 1 fully saturated rings. The summed E-state index contributed by atoms with van der Waals surface area (Å²) in [7, 11) is 2.09. The number of nitrogens with zero attached hydrogens (tertiary/aromatic N) is 2. The van der Waals surface area contributed by atoms with Crippen LogP contribution < -0.4 is 10.6 Å². The Kier molecular flexibility index (Phi) is 4.81. The smallest absolute Gasteiger partial charge is 0.265 e. The van der Waals surface area contributed by atoms with E-state index < -0.39 is 6.43 Å². The van der Waals surface area contributed by atoms with Gasteiger partial charge in [0.2, 0.25) is 0 Å². The molecule has 112 valence electrons. The number of alkyl halides is 2. The number of benzene rings is 1. The van der Waals surface area contributed by atoms with Crippen molar-refractivity contribution in [2.45, 2.75) is 32.2 Å². The predicted octanol–water partition coefficient (Wildman–Crippen LogP) is 3.13. The number of rotatable bonds is 3. The highest BCUT2D eigenvalue weighted by atomic mass is 19.3. The van der Waals surface area contributed by atoms with Gasteiger partial charge in [-0.05, 0) is 44.6 Å². The van der Waals surface area contributed by atoms with E-state index in [9.17, 15) is 8.78 Å². The third-order valence-electron chi connectivity index (χ3n) is 3.97. The molecule has 2 N–H and O–H groups in total. The van der Waals surface area contributed by atoms with Crippen LogP contribution in [0.3, 0.4) is 0 Å². The molecule has 1 aliphatic rings. The molecule has 3 nitrogen and oxygen atoms in total. The van der Waals surface area contributed by atoms with Gasteiger partial charge in [0, 0.05) is 36.1 Å². The van der Waals surface area contributed by atoms with Crippen molar-refractivity contribution in [3.8, 4) is 0 Å². The fourth-order valence-corrected chi connectivity index (χ4v) is 2.92. The summed E-state index contributed by atoms with van der Waals surface area (Å²) >= 11 is 0. The van der Waals surface area contributed by atoms with Gasteiger partial charge >= 0.3 is 0 Å². The second-order valence-corrected chi connectivity index (χ2v) is 5.49. The number of nitrogen functional groups attached to an aromatic ring is 1. The molecule has 1 saturated heterocycles. The van der Waals surface area contributed by atoms with Crippen LogP contribution in [0.4, 0.5) is 20.2 Å². The number of nitrogens with two attached hydrogens (primary N) is 1. The molecule has 0 radical (unpaired) electrons. The van der Waals surface area contributed by atoms with Gasteiger partial charge < -0.3 is 15.5 Å². The Morgan fingerprint density at radius 2 is 2.10 bits per heavy atom. The maximum atomic E-state index is 13.3. The van der Waals surface area contributed by atoms with Crippen LogP contribution in [0.5, 0.6) is 0 Å². The number of halogens is 2. The molecule has 0 spiro atoms. The minimum Gasteiger partial charge on any atom is -0.399 e. The van der Waals surface area contributed by atoms with E-state index in [2.05, 4.69) is 23.8 Å². The summed E-state index contributed by atoms with van der Waals surface area (Å²) in [6.07, 6.45) is -0.566. The first-order valence-electron chi connectivity index (χ1n) is 7.15. The fraction of sp³-hybridized carbons (Fsp3) is 0.600. The Bertz CT molecular complexity index is 451. The SMILES string of the molecule is CCC1CN(C)CCCN1c1ccc(N)cc1C(F)F. The molecule has 1 aliphatic heterocycles. The van der Waals surface area contributed by atoms with Gasteiger partial charge in [0.15, 0.2) is 0 Å². The van der Waals surface area contributed by atoms with Crippen LogP contribution in [0.25, 0.3) is 0 Å². The Hall–Kier alpha value is -1.36. The minimum absolute atomic E-state index is 0.0491. The average Bonchev–Trinajstić information content (AvgIpc) is 2.60. The van der Waals surface area contributed by atoms with E-state index in [0.29, 0.717) is 11.4 Å². The van der Waals surface area contributed by atoms with Crippen LogP contribution in [0.2, 0.25) is 0 Å². The third kappa shape index (κ3) is 3.20. The highest BCUT2D eigenvalue weighted by molar-refractivity contribution is 5.61. The molecule has 1 aromatic rings. The Morgan fingerprint density at radius 3 is 2.75 bits per heavy atom. The molecule has 2 rings (SSSR count). The van der Waals surface area contributed by atoms with E-state index in [-0.39, 0.29) is 11.6 Å². The van der Waals surface area contributed by atoms with Gasteiger partial charge in [0.1, 0.15) is 0 Å². The molecule has 1 unspecified atom stereocenters. The van der Waals surface area contributed by atoms with E-state index in [0.717, 1.165) is 32.5 Å². The van der Waals surface area contributed by atoms with Crippen molar-refractivity contribution in [1.29, 1.82) is 0 Å². The van der Waals surface area contributed by atoms with Crippen LogP contribution in [0, 0.1) is 0 Å². The molecule has 1 heterocycles. The summed E-state index contributed by atoms with van der Waals surface area (Å²) in [5.41, 5.74) is 6.73. The number of anilines is 2. The predicted molar refractivity (Wildman–Crippen MR) is 79.4 cm³/mol. The van der Waals surface area contributed by atoms with Gasteiger partial charge in [0.25, 0.3) is 6.43 Å². The van der Waals surface area contributed by atoms with Crippen molar-refractivity contribution >= 4 is 11.4 Å². The standard InChI is InChI=1S/C15H23F2N3/c1-3-12-10-19(2)7-4-8-20(12)14-6-5-11(18)9-13(14)15(16)17/h5-6,9,12,15H,3-4,7-8,10,18H2,1-2H3. The summed E-state index contributed by atoms with van der Waals surface area (Å²) in [5, 5.41) is 0. The summed E-state index contributed by atoms with van der Waals surface area (Å²) < 4.78 is 26.6. The van der Waals surface area contributed by atoms with Gasteiger partial charge in [-0.1, -0.05) is 6.92 Å². The van der Waals surface area contributed by atoms with Crippen molar-refractivity contribution in [3.63, 3.8) is 0 Å². The largest absolute Gasteiger partial charge is 0.399 e. The fourth-order valence-electron chi connectivity index (χ4n) is 2.92. The molecular weight excluding hydrogens is 260 g/mol. The summed E-state index contributed by atoms with van der Waals surface area (Å²) in [6.45, 7) is 4.83. The Balaban J connectivity index is 2.37. The highest BCUT2D eigenvalue weighted by Crippen LogP contribution is 2.34. The second-order valence-electron chi connectivity index (χ2n) is 5.49. The number of hydrogen-bond donors (Lipinski definition) is 1. The van der Waals surface area contributed by atoms with Crippen LogP contribution >= 0.6 is 0 Å². The van der Waals surface area contributed by atoms with Gasteiger partial charge in [-0.3, -0.25) is 0 Å². The maximum Gasteiger partial charge on any atom is 0.265 e. The van der Waals surface area contributed by atoms with Gasteiger partial charge in [0.05, 0.1) is 0 Å². The first-order chi connectivity index (χ1) is 9.52. The first kappa shape index (κ1) is 15.0. The van der Waals surface area contributed by atoms with Crippen molar-refractivity contribution in [3.05, 3.63) is 23.8 Å². The monoisotopic (exact) mass is 283 g/mol. The van der Waals surface area contributed by atoms with Crippen LogP contribution in [-0.4, -0.2) is 37.6 Å². The zero-order valence-corrected chi connectivity index (χ0v) is 12.1. The molecule has 0 amide bonds. The topological polar surface area (TPSA) is 32.5 Å². The van der Waals surface area contributed by atoms with Crippen molar-refractivity contribution < 1.29 is 8.78 Å². The van der Waals surface area contributed by atoms with Crippen LogP contribution in [0.15, 0.2) is 18.2 Å². The van der Waals surface area contributed by atoms with Gasteiger partial charge in [-0.15, -0.1) is 0 Å².